The molecule has 1 saturated carbocycles. The summed E-state index contributed by atoms with van der Waals surface area (Å²) in [6, 6.07) is 8.08. The molecule has 0 radical (unpaired) electrons. The van der Waals surface area contributed by atoms with Crippen LogP contribution in [0.25, 0.3) is 22.2 Å². The van der Waals surface area contributed by atoms with Crippen molar-refractivity contribution in [3.8, 4) is 11.3 Å². The molecule has 0 spiro atoms. The van der Waals surface area contributed by atoms with Crippen molar-refractivity contribution in [2.45, 2.75) is 31.4 Å². The van der Waals surface area contributed by atoms with Gasteiger partial charge in [0.2, 0.25) is 5.95 Å². The van der Waals surface area contributed by atoms with Crippen LogP contribution in [0.1, 0.15) is 19.3 Å². The van der Waals surface area contributed by atoms with E-state index in [1.807, 2.05) is 24.3 Å². The molecule has 0 saturated heterocycles. The number of nitrogens with two attached hydrogens (primary N) is 1. The molecule has 0 unspecified atom stereocenters. The minimum atomic E-state index is -0.232. The van der Waals surface area contributed by atoms with E-state index in [0.717, 1.165) is 47.2 Å². The first-order valence-electron chi connectivity index (χ1n) is 7.70. The lowest BCUT2D eigenvalue weighted by molar-refractivity contribution is 0.182. The fraction of sp³-hybridized carbons (Fsp3) is 0.312. The third-order valence-electron chi connectivity index (χ3n) is 4.27. The zero-order chi connectivity index (χ0) is 15.8. The Kier molecular flexibility index (Phi) is 3.34. The van der Waals surface area contributed by atoms with Crippen molar-refractivity contribution in [3.63, 3.8) is 0 Å². The Morgan fingerprint density at radius 2 is 2.13 bits per heavy atom. The Morgan fingerprint density at radius 1 is 1.22 bits per heavy atom. The number of nitrogens with zero attached hydrogens (tertiary/aromatic N) is 3. The predicted octanol–water partition coefficient (Wildman–Crippen LogP) is 1.93. The maximum Gasteiger partial charge on any atom is 0.222 e. The molecule has 5 N–H and O–H groups in total. The number of nitrogens with one attached hydrogen (secondary N) is 2. The Bertz CT molecular complexity index is 832. The zero-order valence-electron chi connectivity index (χ0n) is 12.5. The lowest BCUT2D eigenvalue weighted by Crippen LogP contribution is -2.18. The monoisotopic (exact) mass is 310 g/mol. The van der Waals surface area contributed by atoms with Gasteiger partial charge in [0.25, 0.3) is 0 Å². The van der Waals surface area contributed by atoms with E-state index in [4.69, 9.17) is 5.73 Å². The molecule has 7 nitrogen and oxygen atoms in total. The SMILES string of the molecule is Nc1nc(N[C@H]2CC[C@@H](O)C2)c2ccc(-c3ccn[nH]3)cc2n1. The molecule has 2 atom stereocenters. The van der Waals surface area contributed by atoms with Crippen LogP contribution in [-0.4, -0.2) is 37.4 Å². The molecule has 1 fully saturated rings. The molecule has 0 aliphatic heterocycles. The molecular formula is C16H18N6O. The maximum absolute atomic E-state index is 9.68. The highest BCUT2D eigenvalue weighted by Crippen LogP contribution is 2.29. The van der Waals surface area contributed by atoms with Crippen LogP contribution in [0, 0.1) is 0 Å². The highest BCUT2D eigenvalue weighted by molar-refractivity contribution is 5.92. The van der Waals surface area contributed by atoms with Gasteiger partial charge in [-0.2, -0.15) is 10.1 Å². The van der Waals surface area contributed by atoms with Gasteiger partial charge in [-0.1, -0.05) is 6.07 Å². The summed E-state index contributed by atoms with van der Waals surface area (Å²) < 4.78 is 0. The number of hydrogen-bond acceptors (Lipinski definition) is 6. The van der Waals surface area contributed by atoms with Gasteiger partial charge in [-0.15, -0.1) is 0 Å². The number of aliphatic hydroxyl groups excluding tert-OH is 1. The van der Waals surface area contributed by atoms with Crippen molar-refractivity contribution in [2.24, 2.45) is 0 Å². The van der Waals surface area contributed by atoms with Gasteiger partial charge in [0.1, 0.15) is 5.82 Å². The van der Waals surface area contributed by atoms with E-state index in [9.17, 15) is 5.11 Å². The number of hydrogen-bond donors (Lipinski definition) is 4. The van der Waals surface area contributed by atoms with E-state index in [0.29, 0.717) is 0 Å². The largest absolute Gasteiger partial charge is 0.393 e. The van der Waals surface area contributed by atoms with Crippen molar-refractivity contribution < 1.29 is 5.11 Å². The predicted molar refractivity (Wildman–Crippen MR) is 88.8 cm³/mol. The summed E-state index contributed by atoms with van der Waals surface area (Å²) in [6.45, 7) is 0. The third kappa shape index (κ3) is 2.70. The Morgan fingerprint density at radius 3 is 2.87 bits per heavy atom. The smallest absolute Gasteiger partial charge is 0.222 e. The lowest BCUT2D eigenvalue weighted by atomic mass is 10.1. The van der Waals surface area contributed by atoms with Crippen LogP contribution in [0.2, 0.25) is 0 Å². The fourth-order valence-corrected chi connectivity index (χ4v) is 3.12. The molecule has 1 aliphatic carbocycles. The minimum Gasteiger partial charge on any atom is -0.393 e. The first-order chi connectivity index (χ1) is 11.2. The van der Waals surface area contributed by atoms with E-state index in [1.165, 1.54) is 0 Å². The van der Waals surface area contributed by atoms with Crippen LogP contribution < -0.4 is 11.1 Å². The summed E-state index contributed by atoms with van der Waals surface area (Å²) in [7, 11) is 0. The van der Waals surface area contributed by atoms with Crippen molar-refractivity contribution in [1.82, 2.24) is 20.2 Å². The van der Waals surface area contributed by atoms with Gasteiger partial charge in [-0.05, 0) is 37.5 Å². The molecule has 1 aromatic carbocycles. The first kappa shape index (κ1) is 14.0. The number of aromatic amines is 1. The van der Waals surface area contributed by atoms with Gasteiger partial charge in [-0.3, -0.25) is 5.10 Å². The van der Waals surface area contributed by atoms with Crippen LogP contribution in [0.15, 0.2) is 30.5 Å². The molecule has 118 valence electrons. The summed E-state index contributed by atoms with van der Waals surface area (Å²) in [5, 5.41) is 20.9. The second-order valence-electron chi connectivity index (χ2n) is 5.94. The van der Waals surface area contributed by atoms with Crippen molar-refractivity contribution in [2.75, 3.05) is 11.1 Å². The Balaban J connectivity index is 1.73. The van der Waals surface area contributed by atoms with Crippen LogP contribution in [-0.2, 0) is 0 Å². The second kappa shape index (κ2) is 5.51. The first-order valence-corrected chi connectivity index (χ1v) is 7.70. The van der Waals surface area contributed by atoms with Gasteiger partial charge >= 0.3 is 0 Å². The molecule has 23 heavy (non-hydrogen) atoms. The lowest BCUT2D eigenvalue weighted by Gasteiger charge is -2.15. The molecule has 1 aliphatic rings. The fourth-order valence-electron chi connectivity index (χ4n) is 3.12. The van der Waals surface area contributed by atoms with E-state index in [2.05, 4.69) is 25.5 Å². The van der Waals surface area contributed by atoms with Crippen LogP contribution in [0.3, 0.4) is 0 Å². The average Bonchev–Trinajstić information content (AvgIpc) is 3.18. The molecule has 0 amide bonds. The molecule has 3 aromatic rings. The topological polar surface area (TPSA) is 113 Å². The minimum absolute atomic E-state index is 0.217. The molecule has 7 heteroatoms. The molecule has 0 bridgehead atoms. The number of fused-ring (bicyclic) bond motifs is 1. The average molecular weight is 310 g/mol. The summed E-state index contributed by atoms with van der Waals surface area (Å²) in [5.74, 6) is 0.961. The van der Waals surface area contributed by atoms with Crippen LogP contribution >= 0.6 is 0 Å². The molecule has 4 rings (SSSR count). The van der Waals surface area contributed by atoms with Crippen molar-refractivity contribution >= 4 is 22.7 Å². The van der Waals surface area contributed by atoms with Gasteiger partial charge in [-0.25, -0.2) is 4.98 Å². The maximum atomic E-state index is 9.68. The van der Waals surface area contributed by atoms with E-state index < -0.39 is 0 Å². The molecule has 2 aromatic heterocycles. The number of anilines is 2. The number of aromatic nitrogens is 4. The number of rotatable bonds is 3. The third-order valence-corrected chi connectivity index (χ3v) is 4.27. The van der Waals surface area contributed by atoms with Gasteiger partial charge in [0.15, 0.2) is 0 Å². The normalized spacial score (nSPS) is 20.9. The highest BCUT2D eigenvalue weighted by atomic mass is 16.3. The Hall–Kier alpha value is -2.67. The standard InChI is InChI=1S/C16H18N6O/c17-16-20-14-7-9(13-5-6-18-22-13)1-4-12(14)15(21-16)19-10-2-3-11(23)8-10/h1,4-7,10-11,23H,2-3,8H2,(H,18,22)(H3,17,19,20,21)/t10-,11+/m0/s1. The van der Waals surface area contributed by atoms with Crippen LogP contribution in [0.5, 0.6) is 0 Å². The number of aliphatic hydroxyl groups is 1. The van der Waals surface area contributed by atoms with E-state index >= 15 is 0 Å². The Labute approximate surface area is 133 Å². The summed E-state index contributed by atoms with van der Waals surface area (Å²) in [5.41, 5.74) is 8.57. The highest BCUT2D eigenvalue weighted by Gasteiger charge is 2.23. The zero-order valence-corrected chi connectivity index (χ0v) is 12.5. The molecule has 2 heterocycles. The number of benzene rings is 1. The van der Waals surface area contributed by atoms with Crippen LogP contribution in [0.4, 0.5) is 11.8 Å². The van der Waals surface area contributed by atoms with Gasteiger partial charge in [0.05, 0.1) is 17.3 Å². The quantitative estimate of drug-likeness (QED) is 0.588. The molecular weight excluding hydrogens is 292 g/mol. The van der Waals surface area contributed by atoms with Gasteiger partial charge < -0.3 is 16.2 Å². The van der Waals surface area contributed by atoms with E-state index in [-0.39, 0.29) is 18.1 Å². The van der Waals surface area contributed by atoms with Gasteiger partial charge in [0, 0.05) is 23.2 Å². The summed E-state index contributed by atoms with van der Waals surface area (Å²) in [4.78, 5) is 8.68. The number of H-pyrrole nitrogens is 1. The summed E-state index contributed by atoms with van der Waals surface area (Å²) in [6.07, 6.45) is 3.97. The van der Waals surface area contributed by atoms with Crippen molar-refractivity contribution in [1.29, 1.82) is 0 Å². The second-order valence-corrected chi connectivity index (χ2v) is 5.94. The van der Waals surface area contributed by atoms with Crippen molar-refractivity contribution in [3.05, 3.63) is 30.5 Å². The number of nitrogen functional groups attached to an aromatic ring is 1. The summed E-state index contributed by atoms with van der Waals surface area (Å²) >= 11 is 0. The van der Waals surface area contributed by atoms with E-state index in [1.54, 1.807) is 6.20 Å².